The number of para-hydroxylation sites is 2. The van der Waals surface area contributed by atoms with Crippen LogP contribution in [-0.2, 0) is 16.0 Å². The molecule has 0 spiro atoms. The van der Waals surface area contributed by atoms with E-state index in [-0.39, 0.29) is 18.4 Å². The van der Waals surface area contributed by atoms with Gasteiger partial charge in [-0.3, -0.25) is 9.59 Å². The number of carbonyl (C=O) groups is 2. The molecule has 0 bridgehead atoms. The standard InChI is InChI=1S/C25H27N3O3/c1-2-31-23-14-7-6-13-22(23)26-18-25(30)28-21-12-8-11-20(17-21)27-24(29)16-15-19-9-4-3-5-10-19/h3-14,17,26H,2,15-16,18H2,1H3,(H,27,29)(H,28,30). The van der Waals surface area contributed by atoms with Gasteiger partial charge >= 0.3 is 0 Å². The average Bonchev–Trinajstić information content (AvgIpc) is 2.78. The minimum atomic E-state index is -0.196. The van der Waals surface area contributed by atoms with Crippen LogP contribution in [0.2, 0.25) is 0 Å². The van der Waals surface area contributed by atoms with E-state index in [0.29, 0.717) is 36.6 Å². The van der Waals surface area contributed by atoms with Crippen molar-refractivity contribution in [3.05, 3.63) is 84.4 Å². The first-order chi connectivity index (χ1) is 15.1. The predicted octanol–water partition coefficient (Wildman–Crippen LogP) is 4.71. The van der Waals surface area contributed by atoms with Gasteiger partial charge in [-0.05, 0) is 49.2 Å². The van der Waals surface area contributed by atoms with Crippen molar-refractivity contribution in [2.75, 3.05) is 29.1 Å². The van der Waals surface area contributed by atoms with Gasteiger partial charge in [-0.1, -0.05) is 48.5 Å². The Balaban J connectivity index is 1.49. The van der Waals surface area contributed by atoms with E-state index in [1.807, 2.05) is 61.5 Å². The van der Waals surface area contributed by atoms with E-state index >= 15 is 0 Å². The first kappa shape index (κ1) is 21.9. The van der Waals surface area contributed by atoms with Crippen LogP contribution in [0.5, 0.6) is 5.75 Å². The van der Waals surface area contributed by atoms with E-state index in [1.54, 1.807) is 24.3 Å². The van der Waals surface area contributed by atoms with Gasteiger partial charge in [0, 0.05) is 17.8 Å². The Hall–Kier alpha value is -3.80. The monoisotopic (exact) mass is 417 g/mol. The topological polar surface area (TPSA) is 79.5 Å². The number of nitrogens with one attached hydrogen (secondary N) is 3. The SMILES string of the molecule is CCOc1ccccc1NCC(=O)Nc1cccc(NC(=O)CCc2ccccc2)c1. The normalized spacial score (nSPS) is 10.2. The second kappa shape index (κ2) is 11.4. The molecule has 0 aliphatic carbocycles. The van der Waals surface area contributed by atoms with Gasteiger partial charge in [-0.25, -0.2) is 0 Å². The smallest absolute Gasteiger partial charge is 0.243 e. The zero-order valence-corrected chi connectivity index (χ0v) is 17.6. The van der Waals surface area contributed by atoms with Gasteiger partial charge in [0.2, 0.25) is 11.8 Å². The van der Waals surface area contributed by atoms with Gasteiger partial charge in [0.25, 0.3) is 0 Å². The van der Waals surface area contributed by atoms with Crippen LogP contribution < -0.4 is 20.7 Å². The number of hydrogen-bond acceptors (Lipinski definition) is 4. The molecule has 3 N–H and O–H groups in total. The van der Waals surface area contributed by atoms with E-state index in [0.717, 1.165) is 11.3 Å². The van der Waals surface area contributed by atoms with Crippen molar-refractivity contribution in [1.82, 2.24) is 0 Å². The van der Waals surface area contributed by atoms with Gasteiger partial charge in [0.15, 0.2) is 0 Å². The molecule has 6 nitrogen and oxygen atoms in total. The molecule has 0 saturated heterocycles. The molecule has 0 radical (unpaired) electrons. The Morgan fingerprint density at radius 2 is 1.48 bits per heavy atom. The molecule has 6 heteroatoms. The highest BCUT2D eigenvalue weighted by Gasteiger charge is 2.08. The second-order valence-electron chi connectivity index (χ2n) is 6.95. The number of rotatable bonds is 10. The first-order valence-corrected chi connectivity index (χ1v) is 10.3. The quantitative estimate of drug-likeness (QED) is 0.446. The highest BCUT2D eigenvalue weighted by atomic mass is 16.5. The fourth-order valence-corrected chi connectivity index (χ4v) is 3.08. The summed E-state index contributed by atoms with van der Waals surface area (Å²) in [7, 11) is 0. The van der Waals surface area contributed by atoms with Crippen LogP contribution in [-0.4, -0.2) is 25.0 Å². The van der Waals surface area contributed by atoms with Crippen molar-refractivity contribution < 1.29 is 14.3 Å². The number of anilines is 3. The first-order valence-electron chi connectivity index (χ1n) is 10.3. The van der Waals surface area contributed by atoms with Crippen molar-refractivity contribution in [3.63, 3.8) is 0 Å². The minimum absolute atomic E-state index is 0.0680. The summed E-state index contributed by atoms with van der Waals surface area (Å²) >= 11 is 0. The summed E-state index contributed by atoms with van der Waals surface area (Å²) in [5.74, 6) is 0.443. The molecule has 2 amide bonds. The zero-order valence-electron chi connectivity index (χ0n) is 17.6. The van der Waals surface area contributed by atoms with Crippen molar-refractivity contribution >= 4 is 28.9 Å². The van der Waals surface area contributed by atoms with E-state index in [1.165, 1.54) is 0 Å². The molecule has 3 aromatic rings. The summed E-state index contributed by atoms with van der Waals surface area (Å²) in [5.41, 5.74) is 3.15. The Morgan fingerprint density at radius 1 is 0.806 bits per heavy atom. The maximum Gasteiger partial charge on any atom is 0.243 e. The molecule has 0 aromatic heterocycles. The molecule has 0 fully saturated rings. The zero-order chi connectivity index (χ0) is 21.9. The van der Waals surface area contributed by atoms with Crippen LogP contribution >= 0.6 is 0 Å². The molecular formula is C25H27N3O3. The van der Waals surface area contributed by atoms with Crippen LogP contribution in [0.25, 0.3) is 0 Å². The van der Waals surface area contributed by atoms with Crippen molar-refractivity contribution in [1.29, 1.82) is 0 Å². The molecule has 0 unspecified atom stereocenters. The van der Waals surface area contributed by atoms with Crippen LogP contribution in [0.15, 0.2) is 78.9 Å². The summed E-state index contributed by atoms with van der Waals surface area (Å²) in [5, 5.41) is 8.81. The van der Waals surface area contributed by atoms with Gasteiger partial charge in [0.05, 0.1) is 18.8 Å². The number of ether oxygens (including phenoxy) is 1. The molecule has 3 rings (SSSR count). The lowest BCUT2D eigenvalue weighted by atomic mass is 10.1. The lowest BCUT2D eigenvalue weighted by Crippen LogP contribution is -2.22. The maximum atomic E-state index is 12.3. The van der Waals surface area contributed by atoms with Gasteiger partial charge in [-0.2, -0.15) is 0 Å². The summed E-state index contributed by atoms with van der Waals surface area (Å²) in [4.78, 5) is 24.6. The fourth-order valence-electron chi connectivity index (χ4n) is 3.08. The van der Waals surface area contributed by atoms with Gasteiger partial charge < -0.3 is 20.7 Å². The highest BCUT2D eigenvalue weighted by molar-refractivity contribution is 5.96. The summed E-state index contributed by atoms with van der Waals surface area (Å²) in [6, 6.07) is 24.5. The summed E-state index contributed by atoms with van der Waals surface area (Å²) in [6.07, 6.45) is 1.07. The molecule has 0 heterocycles. The Bertz CT molecular complexity index is 1010. The molecule has 0 saturated carbocycles. The van der Waals surface area contributed by atoms with Crippen LogP contribution in [0.4, 0.5) is 17.1 Å². The maximum absolute atomic E-state index is 12.3. The number of hydrogen-bond donors (Lipinski definition) is 3. The largest absolute Gasteiger partial charge is 0.492 e. The lowest BCUT2D eigenvalue weighted by Gasteiger charge is -2.13. The minimum Gasteiger partial charge on any atom is -0.492 e. The Kier molecular flexibility index (Phi) is 8.05. The summed E-state index contributed by atoms with van der Waals surface area (Å²) in [6.45, 7) is 2.56. The third-order valence-electron chi connectivity index (χ3n) is 4.54. The van der Waals surface area contributed by atoms with E-state index in [2.05, 4.69) is 16.0 Å². The summed E-state index contributed by atoms with van der Waals surface area (Å²) < 4.78 is 5.55. The van der Waals surface area contributed by atoms with Gasteiger partial charge in [-0.15, -0.1) is 0 Å². The molecule has 160 valence electrons. The molecule has 31 heavy (non-hydrogen) atoms. The molecule has 0 aliphatic rings. The number of aryl methyl sites for hydroxylation is 1. The van der Waals surface area contributed by atoms with E-state index in [4.69, 9.17) is 4.74 Å². The molecule has 0 atom stereocenters. The number of carbonyl (C=O) groups excluding carboxylic acids is 2. The Labute approximate surface area is 182 Å². The molecule has 3 aromatic carbocycles. The van der Waals surface area contributed by atoms with Crippen molar-refractivity contribution in [2.45, 2.75) is 19.8 Å². The second-order valence-corrected chi connectivity index (χ2v) is 6.95. The van der Waals surface area contributed by atoms with Crippen molar-refractivity contribution in [2.24, 2.45) is 0 Å². The third-order valence-corrected chi connectivity index (χ3v) is 4.54. The number of amides is 2. The molecular weight excluding hydrogens is 390 g/mol. The van der Waals surface area contributed by atoms with E-state index < -0.39 is 0 Å². The highest BCUT2D eigenvalue weighted by Crippen LogP contribution is 2.23. The lowest BCUT2D eigenvalue weighted by molar-refractivity contribution is -0.116. The number of benzene rings is 3. The van der Waals surface area contributed by atoms with E-state index in [9.17, 15) is 9.59 Å². The van der Waals surface area contributed by atoms with Gasteiger partial charge in [0.1, 0.15) is 5.75 Å². The molecule has 0 aliphatic heterocycles. The Morgan fingerprint density at radius 3 is 2.23 bits per heavy atom. The van der Waals surface area contributed by atoms with Crippen LogP contribution in [0.3, 0.4) is 0 Å². The third kappa shape index (κ3) is 7.19. The predicted molar refractivity (Wildman–Crippen MR) is 125 cm³/mol. The average molecular weight is 418 g/mol. The fraction of sp³-hybridized carbons (Fsp3) is 0.200. The van der Waals surface area contributed by atoms with Crippen molar-refractivity contribution in [3.8, 4) is 5.75 Å². The van der Waals surface area contributed by atoms with Crippen LogP contribution in [0.1, 0.15) is 18.9 Å². The van der Waals surface area contributed by atoms with Crippen LogP contribution in [0, 0.1) is 0 Å².